The maximum Gasteiger partial charge on any atom is 0.253 e. The molecule has 0 unspecified atom stereocenters. The van der Waals surface area contributed by atoms with Gasteiger partial charge in [0.15, 0.2) is 0 Å². The molecule has 0 bridgehead atoms. The van der Waals surface area contributed by atoms with Gasteiger partial charge in [0.1, 0.15) is 0 Å². The van der Waals surface area contributed by atoms with Crippen molar-refractivity contribution in [3.63, 3.8) is 0 Å². The smallest absolute Gasteiger partial charge is 0.253 e. The van der Waals surface area contributed by atoms with Crippen LogP contribution in [0.2, 0.25) is 0 Å². The molecule has 1 aromatic heterocycles. The van der Waals surface area contributed by atoms with E-state index in [1.165, 1.54) is 11.1 Å². The molecule has 1 atom stereocenters. The van der Waals surface area contributed by atoms with Gasteiger partial charge in [-0.15, -0.1) is 0 Å². The molecule has 0 radical (unpaired) electrons. The largest absolute Gasteiger partial charge is 0.366 e. The maximum absolute atomic E-state index is 12.7. The first kappa shape index (κ1) is 19.1. The lowest BCUT2D eigenvalue weighted by atomic mass is 10.0. The van der Waals surface area contributed by atoms with E-state index < -0.39 is 5.91 Å². The zero-order chi connectivity index (χ0) is 19.3. The van der Waals surface area contributed by atoms with Crippen LogP contribution in [0.5, 0.6) is 0 Å². The molecular weight excluding hydrogens is 332 g/mol. The summed E-state index contributed by atoms with van der Waals surface area (Å²) < 4.78 is 0. The van der Waals surface area contributed by atoms with Crippen LogP contribution in [-0.4, -0.2) is 47.7 Å². The Balaban J connectivity index is 2.25. The van der Waals surface area contributed by atoms with Crippen LogP contribution in [0.25, 0.3) is 11.1 Å². The highest BCUT2D eigenvalue weighted by Gasteiger charge is 2.20. The second-order valence-electron chi connectivity index (χ2n) is 6.05. The van der Waals surface area contributed by atoms with E-state index in [9.17, 15) is 14.4 Å². The van der Waals surface area contributed by atoms with Crippen molar-refractivity contribution in [3.8, 4) is 11.1 Å². The van der Waals surface area contributed by atoms with Crippen LogP contribution in [0.1, 0.15) is 34.1 Å². The van der Waals surface area contributed by atoms with Gasteiger partial charge in [-0.05, 0) is 30.7 Å². The van der Waals surface area contributed by atoms with Crippen molar-refractivity contribution in [1.82, 2.24) is 15.2 Å². The summed E-state index contributed by atoms with van der Waals surface area (Å²) in [5.41, 5.74) is 7.52. The van der Waals surface area contributed by atoms with E-state index in [4.69, 9.17) is 5.73 Å². The third-order valence-electron chi connectivity index (χ3n) is 4.21. The van der Waals surface area contributed by atoms with Gasteiger partial charge in [-0.25, -0.2) is 0 Å². The fourth-order valence-electron chi connectivity index (χ4n) is 2.48. The second kappa shape index (κ2) is 8.24. The summed E-state index contributed by atoms with van der Waals surface area (Å²) in [4.78, 5) is 41.1. The molecule has 0 fully saturated rings. The fraction of sp³-hybridized carbons (Fsp3) is 0.263. The van der Waals surface area contributed by atoms with E-state index in [-0.39, 0.29) is 24.3 Å². The molecule has 3 N–H and O–H groups in total. The Bertz CT molecular complexity index is 835. The van der Waals surface area contributed by atoms with E-state index in [0.717, 1.165) is 5.56 Å². The Morgan fingerprint density at radius 3 is 2.50 bits per heavy atom. The molecule has 26 heavy (non-hydrogen) atoms. The molecule has 2 aromatic rings. The van der Waals surface area contributed by atoms with Crippen LogP contribution in [0, 0.1) is 0 Å². The Hall–Kier alpha value is -3.22. The van der Waals surface area contributed by atoms with Crippen LogP contribution in [0.4, 0.5) is 0 Å². The second-order valence-corrected chi connectivity index (χ2v) is 6.05. The number of primary amides is 1. The van der Waals surface area contributed by atoms with Gasteiger partial charge in [0.2, 0.25) is 11.8 Å². The Labute approximate surface area is 152 Å². The highest BCUT2D eigenvalue weighted by molar-refractivity contribution is 5.96. The number of hydrogen-bond acceptors (Lipinski definition) is 4. The molecule has 0 aliphatic heterocycles. The maximum atomic E-state index is 12.7. The van der Waals surface area contributed by atoms with Crippen LogP contribution in [0.3, 0.4) is 0 Å². The lowest BCUT2D eigenvalue weighted by Gasteiger charge is -2.24. The van der Waals surface area contributed by atoms with Gasteiger partial charge in [-0.2, -0.15) is 0 Å². The highest BCUT2D eigenvalue weighted by atomic mass is 16.2. The average Bonchev–Trinajstić information content (AvgIpc) is 2.66. The van der Waals surface area contributed by atoms with Crippen molar-refractivity contribution >= 4 is 17.7 Å². The first-order valence-electron chi connectivity index (χ1n) is 8.16. The summed E-state index contributed by atoms with van der Waals surface area (Å²) in [7, 11) is 3.23. The summed E-state index contributed by atoms with van der Waals surface area (Å²) >= 11 is 0. The predicted octanol–water partition coefficient (Wildman–Crippen LogP) is 1.44. The Morgan fingerprint density at radius 2 is 1.85 bits per heavy atom. The summed E-state index contributed by atoms with van der Waals surface area (Å²) in [5.74, 6) is -0.878. The van der Waals surface area contributed by atoms with Gasteiger partial charge in [0.05, 0.1) is 5.56 Å². The lowest BCUT2D eigenvalue weighted by Crippen LogP contribution is -2.38. The Kier molecular flexibility index (Phi) is 6.06. The first-order chi connectivity index (χ1) is 12.3. The number of aromatic nitrogens is 1. The number of nitrogens with one attached hydrogen (secondary N) is 1. The van der Waals surface area contributed by atoms with Crippen molar-refractivity contribution in [2.75, 3.05) is 14.1 Å². The number of benzene rings is 1. The van der Waals surface area contributed by atoms with Crippen molar-refractivity contribution in [1.29, 1.82) is 0 Å². The molecule has 0 aliphatic carbocycles. The zero-order valence-corrected chi connectivity index (χ0v) is 15.0. The number of nitrogens with two attached hydrogens (primary N) is 1. The minimum Gasteiger partial charge on any atom is -0.366 e. The van der Waals surface area contributed by atoms with Gasteiger partial charge >= 0.3 is 0 Å². The van der Waals surface area contributed by atoms with Crippen LogP contribution < -0.4 is 11.1 Å². The van der Waals surface area contributed by atoms with Crippen LogP contribution >= 0.6 is 0 Å². The minimum absolute atomic E-state index is 0.125. The summed E-state index contributed by atoms with van der Waals surface area (Å²) in [6, 6.07) is 8.42. The molecule has 1 heterocycles. The van der Waals surface area contributed by atoms with E-state index in [0.29, 0.717) is 16.7 Å². The van der Waals surface area contributed by atoms with E-state index >= 15 is 0 Å². The van der Waals surface area contributed by atoms with E-state index in [1.807, 2.05) is 13.0 Å². The minimum atomic E-state index is -0.561. The summed E-state index contributed by atoms with van der Waals surface area (Å²) in [6.07, 6.45) is 3.23. The van der Waals surface area contributed by atoms with E-state index in [2.05, 4.69) is 10.3 Å². The number of nitrogens with zero attached hydrogens (tertiary/aromatic N) is 2. The number of rotatable bonds is 6. The van der Waals surface area contributed by atoms with Crippen molar-refractivity contribution in [3.05, 3.63) is 53.9 Å². The highest BCUT2D eigenvalue weighted by Crippen LogP contribution is 2.21. The van der Waals surface area contributed by atoms with Gasteiger partial charge in [0, 0.05) is 50.1 Å². The van der Waals surface area contributed by atoms with Crippen molar-refractivity contribution in [2.24, 2.45) is 5.73 Å². The molecule has 1 aromatic carbocycles. The topological polar surface area (TPSA) is 105 Å². The first-order valence-corrected chi connectivity index (χ1v) is 8.16. The van der Waals surface area contributed by atoms with Crippen molar-refractivity contribution in [2.45, 2.75) is 19.4 Å². The summed E-state index contributed by atoms with van der Waals surface area (Å²) in [5, 5.41) is 2.55. The molecule has 7 nitrogen and oxygen atoms in total. The number of hydrogen-bond donors (Lipinski definition) is 2. The van der Waals surface area contributed by atoms with Crippen LogP contribution in [-0.2, 0) is 4.79 Å². The normalized spacial score (nSPS) is 11.5. The standard InChI is InChI=1S/C19H22N4O3/c1-12(7-17(24)21-2)23(3)19(26)14-6-4-5-13(8-14)15-9-16(18(20)25)11-22-10-15/h4-6,8-12H,7H2,1-3H3,(H2,20,25)(H,21,24)/t12-/m0/s1. The van der Waals surface area contributed by atoms with E-state index in [1.54, 1.807) is 44.6 Å². The number of amides is 3. The lowest BCUT2D eigenvalue weighted by molar-refractivity contribution is -0.121. The van der Waals surface area contributed by atoms with Crippen LogP contribution in [0.15, 0.2) is 42.7 Å². The Morgan fingerprint density at radius 1 is 1.15 bits per heavy atom. The molecule has 2 rings (SSSR count). The molecule has 136 valence electrons. The molecule has 0 saturated carbocycles. The van der Waals surface area contributed by atoms with Gasteiger partial charge in [0.25, 0.3) is 5.91 Å². The zero-order valence-electron chi connectivity index (χ0n) is 15.0. The fourth-order valence-corrected chi connectivity index (χ4v) is 2.48. The van der Waals surface area contributed by atoms with Gasteiger partial charge < -0.3 is 16.0 Å². The molecular formula is C19H22N4O3. The average molecular weight is 354 g/mol. The molecule has 0 saturated heterocycles. The number of pyridine rings is 1. The molecule has 7 heteroatoms. The predicted molar refractivity (Wildman–Crippen MR) is 98.4 cm³/mol. The molecule has 3 amide bonds. The third kappa shape index (κ3) is 4.44. The van der Waals surface area contributed by atoms with Gasteiger partial charge in [-0.1, -0.05) is 12.1 Å². The number of carbonyl (C=O) groups excluding carboxylic acids is 3. The molecule has 0 spiro atoms. The van der Waals surface area contributed by atoms with Gasteiger partial charge in [-0.3, -0.25) is 19.4 Å². The quantitative estimate of drug-likeness (QED) is 0.819. The monoisotopic (exact) mass is 354 g/mol. The third-order valence-corrected chi connectivity index (χ3v) is 4.21. The van der Waals surface area contributed by atoms with Crippen molar-refractivity contribution < 1.29 is 14.4 Å². The summed E-state index contributed by atoms with van der Waals surface area (Å²) in [6.45, 7) is 1.82. The molecule has 0 aliphatic rings. The number of carbonyl (C=O) groups is 3. The SMILES string of the molecule is CNC(=O)C[C@H](C)N(C)C(=O)c1cccc(-c2cncc(C(N)=O)c2)c1.